The van der Waals surface area contributed by atoms with Gasteiger partial charge in [-0.1, -0.05) is 30.0 Å². The van der Waals surface area contributed by atoms with E-state index in [2.05, 4.69) is 25.1 Å². The van der Waals surface area contributed by atoms with Gasteiger partial charge in [0.2, 0.25) is 5.91 Å². The van der Waals surface area contributed by atoms with Crippen molar-refractivity contribution in [2.24, 2.45) is 4.99 Å². The van der Waals surface area contributed by atoms with Crippen LogP contribution in [0, 0.1) is 6.92 Å². The molecule has 1 saturated heterocycles. The third kappa shape index (κ3) is 6.71. The van der Waals surface area contributed by atoms with E-state index in [-0.39, 0.29) is 29.1 Å². The van der Waals surface area contributed by atoms with Crippen molar-refractivity contribution in [3.8, 4) is 28.6 Å². The fraction of sp³-hybridized carbons (Fsp3) is 0.179. The average molecular weight is 597 g/mol. The van der Waals surface area contributed by atoms with Gasteiger partial charge < -0.3 is 14.8 Å². The van der Waals surface area contributed by atoms with Crippen molar-refractivity contribution in [2.75, 3.05) is 17.8 Å². The molecule has 0 spiro atoms. The van der Waals surface area contributed by atoms with Gasteiger partial charge in [-0.2, -0.15) is 4.99 Å². The van der Waals surface area contributed by atoms with Crippen molar-refractivity contribution in [3.63, 3.8) is 0 Å². The Morgan fingerprint density at radius 1 is 1.10 bits per heavy atom. The van der Waals surface area contributed by atoms with Crippen LogP contribution in [0.2, 0.25) is 0 Å². The number of benzene rings is 3. The van der Waals surface area contributed by atoms with Crippen LogP contribution < -0.4 is 19.7 Å². The Balaban J connectivity index is 1.24. The molecule has 5 rings (SSSR count). The normalized spacial score (nSPS) is 14.4. The highest BCUT2D eigenvalue weighted by atomic mass is 32.2. The van der Waals surface area contributed by atoms with Gasteiger partial charge in [-0.05, 0) is 66.6 Å². The molecule has 3 amide bonds. The van der Waals surface area contributed by atoms with Crippen LogP contribution in [0.4, 0.5) is 23.7 Å². The standard InChI is InChI=1S/C28H23F3N6O4S/c1-17-12-22(40-2)10-11-23(17)37-24(38)15-42-27(37)34-26(39)32-14-18-4-3-5-19(13-18)25-33-16-36(35-25)20-6-8-21(9-7-20)41-28(29,30)31/h3-13,16H,14-15H2,1-2H3,(H,32,39). The molecule has 1 aliphatic heterocycles. The van der Waals surface area contributed by atoms with Crippen molar-refractivity contribution in [1.29, 1.82) is 0 Å². The molecule has 3 aromatic carbocycles. The third-order valence-electron chi connectivity index (χ3n) is 6.06. The zero-order valence-electron chi connectivity index (χ0n) is 22.3. The fourth-order valence-electron chi connectivity index (χ4n) is 4.13. The second kappa shape index (κ2) is 11.9. The van der Waals surface area contributed by atoms with Crippen LogP contribution in [0.1, 0.15) is 11.1 Å². The summed E-state index contributed by atoms with van der Waals surface area (Å²) in [5.74, 6) is 0.693. The van der Waals surface area contributed by atoms with Crippen molar-refractivity contribution >= 4 is 34.6 Å². The van der Waals surface area contributed by atoms with Crippen LogP contribution >= 0.6 is 11.8 Å². The van der Waals surface area contributed by atoms with Crippen LogP contribution in [0.5, 0.6) is 11.5 Å². The molecule has 1 N–H and O–H groups in total. The molecule has 0 atom stereocenters. The monoisotopic (exact) mass is 596 g/mol. The summed E-state index contributed by atoms with van der Waals surface area (Å²) in [5.41, 5.74) is 3.35. The fourth-order valence-corrected chi connectivity index (χ4v) is 4.99. The van der Waals surface area contributed by atoms with Gasteiger partial charge in [0, 0.05) is 12.1 Å². The van der Waals surface area contributed by atoms with E-state index >= 15 is 0 Å². The number of aliphatic imine (C=N–C) groups is 1. The first-order valence-electron chi connectivity index (χ1n) is 12.4. The summed E-state index contributed by atoms with van der Waals surface area (Å²) in [7, 11) is 1.56. The Hall–Kier alpha value is -4.85. The number of rotatable bonds is 7. The first-order chi connectivity index (χ1) is 20.1. The minimum Gasteiger partial charge on any atom is -0.497 e. The van der Waals surface area contributed by atoms with E-state index in [4.69, 9.17) is 4.74 Å². The molecule has 2 heterocycles. The molecule has 1 aromatic heterocycles. The van der Waals surface area contributed by atoms with Crippen LogP contribution in [0.25, 0.3) is 17.1 Å². The number of hydrogen-bond donors (Lipinski definition) is 1. The number of ether oxygens (including phenoxy) is 2. The summed E-state index contributed by atoms with van der Waals surface area (Å²) in [6.45, 7) is 2.00. The highest BCUT2D eigenvalue weighted by Crippen LogP contribution is 2.31. The molecular formula is C28H23F3N6O4S. The largest absolute Gasteiger partial charge is 0.573 e. The second-order valence-electron chi connectivity index (χ2n) is 8.98. The van der Waals surface area contributed by atoms with Gasteiger partial charge in [0.25, 0.3) is 0 Å². The van der Waals surface area contributed by atoms with Crippen molar-refractivity contribution in [1.82, 2.24) is 20.1 Å². The summed E-state index contributed by atoms with van der Waals surface area (Å²) in [6, 6.07) is 17.1. The molecule has 4 aromatic rings. The predicted molar refractivity (Wildman–Crippen MR) is 151 cm³/mol. The number of hydrogen-bond acceptors (Lipinski definition) is 7. The number of amides is 3. The zero-order chi connectivity index (χ0) is 29.9. The maximum atomic E-state index is 12.7. The second-order valence-corrected chi connectivity index (χ2v) is 9.92. The molecule has 0 radical (unpaired) electrons. The first kappa shape index (κ1) is 28.7. The van der Waals surface area contributed by atoms with Gasteiger partial charge in [-0.15, -0.1) is 18.3 Å². The molecule has 0 unspecified atom stereocenters. The number of nitrogens with zero attached hydrogens (tertiary/aromatic N) is 5. The summed E-state index contributed by atoms with van der Waals surface area (Å²) < 4.78 is 47.8. The number of aromatic nitrogens is 3. The lowest BCUT2D eigenvalue weighted by Crippen LogP contribution is -2.31. The number of halogens is 3. The van der Waals surface area contributed by atoms with Gasteiger partial charge >= 0.3 is 12.4 Å². The zero-order valence-corrected chi connectivity index (χ0v) is 23.1. The number of carbonyl (C=O) groups excluding carboxylic acids is 2. The summed E-state index contributed by atoms with van der Waals surface area (Å²) in [4.78, 5) is 35.1. The minimum absolute atomic E-state index is 0.158. The molecule has 1 aliphatic rings. The van der Waals surface area contributed by atoms with Crippen LogP contribution in [-0.2, 0) is 11.3 Å². The van der Waals surface area contributed by atoms with Crippen LogP contribution in [0.3, 0.4) is 0 Å². The number of nitrogens with one attached hydrogen (secondary N) is 1. The van der Waals surface area contributed by atoms with E-state index < -0.39 is 12.4 Å². The SMILES string of the molecule is COc1ccc(N2C(=O)CSC2=NC(=O)NCc2cccc(-c3ncn(-c4ccc(OC(F)(F)F)cc4)n3)c2)c(C)c1. The van der Waals surface area contributed by atoms with E-state index in [0.29, 0.717) is 28.5 Å². The van der Waals surface area contributed by atoms with Crippen molar-refractivity contribution in [2.45, 2.75) is 19.8 Å². The Kier molecular flexibility index (Phi) is 8.15. The Bertz CT molecular complexity index is 1660. The molecule has 0 aliphatic carbocycles. The number of carbonyl (C=O) groups is 2. The van der Waals surface area contributed by atoms with E-state index in [0.717, 1.165) is 11.1 Å². The molecule has 1 fully saturated rings. The topological polar surface area (TPSA) is 111 Å². The number of amidine groups is 1. The maximum Gasteiger partial charge on any atom is 0.573 e. The Labute approximate surface area is 242 Å². The lowest BCUT2D eigenvalue weighted by Gasteiger charge is -2.19. The molecule has 14 heteroatoms. The molecule has 10 nitrogen and oxygen atoms in total. The van der Waals surface area contributed by atoms with Gasteiger partial charge in [0.05, 0.1) is 24.2 Å². The minimum atomic E-state index is -4.77. The van der Waals surface area contributed by atoms with E-state index in [1.165, 1.54) is 51.9 Å². The molecule has 0 saturated carbocycles. The third-order valence-corrected chi connectivity index (χ3v) is 6.99. The quantitative estimate of drug-likeness (QED) is 0.300. The van der Waals surface area contributed by atoms with E-state index in [1.54, 1.807) is 43.5 Å². The smallest absolute Gasteiger partial charge is 0.497 e. The first-order valence-corrected chi connectivity index (χ1v) is 13.4. The summed E-state index contributed by atoms with van der Waals surface area (Å²) >= 11 is 1.18. The van der Waals surface area contributed by atoms with Crippen molar-refractivity contribution < 1.29 is 32.2 Å². The van der Waals surface area contributed by atoms with Gasteiger partial charge in [-0.25, -0.2) is 14.5 Å². The summed E-state index contributed by atoms with van der Waals surface area (Å²) in [5, 5.41) is 7.43. The average Bonchev–Trinajstić information content (AvgIpc) is 3.59. The highest BCUT2D eigenvalue weighted by molar-refractivity contribution is 8.15. The molecule has 0 bridgehead atoms. The summed E-state index contributed by atoms with van der Waals surface area (Å²) in [6.07, 6.45) is -3.33. The molecular weight excluding hydrogens is 573 g/mol. The van der Waals surface area contributed by atoms with Crippen LogP contribution in [0.15, 0.2) is 78.0 Å². The number of urea groups is 1. The van der Waals surface area contributed by atoms with E-state index in [9.17, 15) is 22.8 Å². The predicted octanol–water partition coefficient (Wildman–Crippen LogP) is 5.50. The van der Waals surface area contributed by atoms with Gasteiger partial charge in [0.15, 0.2) is 11.0 Å². The number of aryl methyl sites for hydroxylation is 1. The molecule has 216 valence electrons. The lowest BCUT2D eigenvalue weighted by atomic mass is 10.1. The number of methoxy groups -OCH3 is 1. The number of anilines is 1. The van der Waals surface area contributed by atoms with Gasteiger partial charge in [-0.3, -0.25) is 9.69 Å². The molecule has 42 heavy (non-hydrogen) atoms. The number of alkyl halides is 3. The highest BCUT2D eigenvalue weighted by Gasteiger charge is 2.32. The van der Waals surface area contributed by atoms with Crippen LogP contribution in [-0.4, -0.2) is 51.1 Å². The van der Waals surface area contributed by atoms with Crippen molar-refractivity contribution in [3.05, 3.63) is 84.2 Å². The van der Waals surface area contributed by atoms with Gasteiger partial charge in [0.1, 0.15) is 17.8 Å². The van der Waals surface area contributed by atoms with E-state index in [1.807, 2.05) is 13.0 Å². The Morgan fingerprint density at radius 3 is 2.57 bits per heavy atom. The number of thioether (sulfide) groups is 1. The maximum absolute atomic E-state index is 12.7. The lowest BCUT2D eigenvalue weighted by molar-refractivity contribution is -0.274. The Morgan fingerprint density at radius 2 is 1.86 bits per heavy atom.